The van der Waals surface area contributed by atoms with Gasteiger partial charge in [0.1, 0.15) is 17.3 Å². The molecule has 0 spiro atoms. The number of anilines is 1. The van der Waals surface area contributed by atoms with Crippen molar-refractivity contribution in [3.8, 4) is 17.2 Å². The van der Waals surface area contributed by atoms with Crippen LogP contribution in [0.5, 0.6) is 11.5 Å². The number of nitrogens with zero attached hydrogens (tertiary/aromatic N) is 2. The molecule has 2 aromatic carbocycles. The summed E-state index contributed by atoms with van der Waals surface area (Å²) in [6.45, 7) is 8.31. The summed E-state index contributed by atoms with van der Waals surface area (Å²) in [5.41, 5.74) is 3.21. The minimum absolute atomic E-state index is 0.158. The minimum Gasteiger partial charge on any atom is -0.497 e. The van der Waals surface area contributed by atoms with Crippen molar-refractivity contribution in [2.24, 2.45) is 0 Å². The highest BCUT2D eigenvalue weighted by atomic mass is 16.5. The van der Waals surface area contributed by atoms with E-state index in [-0.39, 0.29) is 11.3 Å². The van der Waals surface area contributed by atoms with Gasteiger partial charge in [0.05, 0.1) is 25.6 Å². The maximum atomic E-state index is 13.0. The first-order chi connectivity index (χ1) is 13.7. The Labute approximate surface area is 171 Å². The Morgan fingerprint density at radius 2 is 1.55 bits per heavy atom. The quantitative estimate of drug-likeness (QED) is 0.679. The number of ether oxygens (including phenoxy) is 2. The number of aromatic nitrogens is 2. The lowest BCUT2D eigenvalue weighted by Crippen LogP contribution is -2.15. The normalized spacial score (nSPS) is 11.2. The zero-order valence-electron chi connectivity index (χ0n) is 17.7. The van der Waals surface area contributed by atoms with Crippen molar-refractivity contribution >= 4 is 11.7 Å². The molecule has 0 saturated heterocycles. The van der Waals surface area contributed by atoms with Crippen molar-refractivity contribution in [2.45, 2.75) is 33.1 Å². The van der Waals surface area contributed by atoms with E-state index in [1.54, 1.807) is 37.1 Å². The van der Waals surface area contributed by atoms with Gasteiger partial charge in [-0.1, -0.05) is 38.5 Å². The predicted molar refractivity (Wildman–Crippen MR) is 115 cm³/mol. The molecule has 1 heterocycles. The number of aryl methyl sites for hydroxylation is 1. The molecular weight excluding hydrogens is 366 g/mol. The Hall–Kier alpha value is -3.28. The van der Waals surface area contributed by atoms with Crippen LogP contribution in [-0.4, -0.2) is 29.9 Å². The number of rotatable bonds is 5. The third-order valence-corrected chi connectivity index (χ3v) is 4.61. The average molecular weight is 393 g/mol. The lowest BCUT2D eigenvalue weighted by Gasteiger charge is -2.14. The number of nitrogens with one attached hydrogen (secondary N) is 1. The van der Waals surface area contributed by atoms with E-state index in [0.29, 0.717) is 22.9 Å². The van der Waals surface area contributed by atoms with Gasteiger partial charge >= 0.3 is 0 Å². The van der Waals surface area contributed by atoms with Crippen molar-refractivity contribution in [1.82, 2.24) is 9.78 Å². The summed E-state index contributed by atoms with van der Waals surface area (Å²) in [4.78, 5) is 13.0. The van der Waals surface area contributed by atoms with E-state index in [9.17, 15) is 4.79 Å². The van der Waals surface area contributed by atoms with Gasteiger partial charge in [-0.05, 0) is 31.2 Å². The fourth-order valence-electron chi connectivity index (χ4n) is 2.85. The zero-order chi connectivity index (χ0) is 21.2. The highest BCUT2D eigenvalue weighted by Gasteiger charge is 2.22. The molecule has 0 saturated carbocycles. The molecule has 1 amide bonds. The lowest BCUT2D eigenvalue weighted by atomic mass is 9.92. The second-order valence-electron chi connectivity index (χ2n) is 7.97. The molecule has 0 aliphatic heterocycles. The molecule has 3 aromatic rings. The molecule has 0 fully saturated rings. The fourth-order valence-corrected chi connectivity index (χ4v) is 2.85. The van der Waals surface area contributed by atoms with Crippen LogP contribution in [0, 0.1) is 6.92 Å². The van der Waals surface area contributed by atoms with E-state index in [0.717, 1.165) is 16.9 Å². The Balaban J connectivity index is 2.00. The van der Waals surface area contributed by atoms with E-state index in [1.807, 2.05) is 37.3 Å². The van der Waals surface area contributed by atoms with Gasteiger partial charge in [-0.15, -0.1) is 0 Å². The van der Waals surface area contributed by atoms with Gasteiger partial charge in [-0.2, -0.15) is 5.10 Å². The minimum atomic E-state index is -0.268. The van der Waals surface area contributed by atoms with Crippen LogP contribution in [0.4, 0.5) is 5.82 Å². The van der Waals surface area contributed by atoms with Crippen molar-refractivity contribution in [1.29, 1.82) is 0 Å². The van der Waals surface area contributed by atoms with Gasteiger partial charge in [-0.25, -0.2) is 4.68 Å². The number of methoxy groups -OCH3 is 2. The van der Waals surface area contributed by atoms with E-state index >= 15 is 0 Å². The second-order valence-corrected chi connectivity index (χ2v) is 7.97. The molecule has 0 bridgehead atoms. The fraction of sp³-hybridized carbons (Fsp3) is 0.304. The molecule has 29 heavy (non-hydrogen) atoms. The summed E-state index contributed by atoms with van der Waals surface area (Å²) >= 11 is 0. The summed E-state index contributed by atoms with van der Waals surface area (Å²) in [6, 6.07) is 15.0. The zero-order valence-corrected chi connectivity index (χ0v) is 17.7. The highest BCUT2D eigenvalue weighted by Crippen LogP contribution is 2.28. The van der Waals surface area contributed by atoms with Crippen LogP contribution in [-0.2, 0) is 5.41 Å². The predicted octanol–water partition coefficient (Wildman–Crippen LogP) is 4.75. The monoisotopic (exact) mass is 393 g/mol. The largest absolute Gasteiger partial charge is 0.497 e. The maximum absolute atomic E-state index is 13.0. The summed E-state index contributed by atoms with van der Waals surface area (Å²) in [6.07, 6.45) is 0. The first-order valence-electron chi connectivity index (χ1n) is 9.43. The van der Waals surface area contributed by atoms with Crippen molar-refractivity contribution < 1.29 is 14.3 Å². The Bertz CT molecular complexity index is 993. The summed E-state index contributed by atoms with van der Waals surface area (Å²) in [5, 5.41) is 7.73. The second kappa shape index (κ2) is 7.99. The Kier molecular flexibility index (Phi) is 5.64. The summed E-state index contributed by atoms with van der Waals surface area (Å²) in [5.74, 6) is 1.44. The van der Waals surface area contributed by atoms with E-state index < -0.39 is 0 Å². The van der Waals surface area contributed by atoms with Crippen LogP contribution in [0.3, 0.4) is 0 Å². The average Bonchev–Trinajstić information content (AvgIpc) is 3.12. The van der Waals surface area contributed by atoms with Crippen LogP contribution in [0.15, 0.2) is 48.5 Å². The molecule has 0 radical (unpaired) electrons. The van der Waals surface area contributed by atoms with Gasteiger partial charge in [-0.3, -0.25) is 4.79 Å². The molecule has 1 N–H and O–H groups in total. The molecule has 6 nitrogen and oxygen atoms in total. The first kappa shape index (κ1) is 20.5. The van der Waals surface area contributed by atoms with Crippen LogP contribution in [0.2, 0.25) is 0 Å². The van der Waals surface area contributed by atoms with Crippen LogP contribution in [0.25, 0.3) is 5.69 Å². The number of hydrogen-bond acceptors (Lipinski definition) is 4. The van der Waals surface area contributed by atoms with E-state index in [1.165, 1.54) is 0 Å². The van der Waals surface area contributed by atoms with Crippen molar-refractivity contribution in [3.63, 3.8) is 0 Å². The number of amides is 1. The number of benzene rings is 2. The molecule has 0 atom stereocenters. The highest BCUT2D eigenvalue weighted by molar-refractivity contribution is 6.04. The number of carbonyl (C=O) groups is 1. The molecular formula is C23H27N3O3. The van der Waals surface area contributed by atoms with Gasteiger partial charge in [0.25, 0.3) is 5.91 Å². The van der Waals surface area contributed by atoms with Gasteiger partial charge in [0.2, 0.25) is 0 Å². The number of hydrogen-bond donors (Lipinski definition) is 1. The smallest absolute Gasteiger partial charge is 0.257 e. The van der Waals surface area contributed by atoms with E-state index in [2.05, 4.69) is 26.1 Å². The van der Waals surface area contributed by atoms with Crippen molar-refractivity contribution in [3.05, 3.63) is 65.4 Å². The Morgan fingerprint density at radius 1 is 0.966 bits per heavy atom. The molecule has 0 aliphatic carbocycles. The molecule has 0 aliphatic rings. The van der Waals surface area contributed by atoms with Crippen LogP contribution in [0.1, 0.15) is 42.4 Å². The maximum Gasteiger partial charge on any atom is 0.257 e. The lowest BCUT2D eigenvalue weighted by molar-refractivity contribution is 0.102. The van der Waals surface area contributed by atoms with Crippen LogP contribution >= 0.6 is 0 Å². The number of carbonyl (C=O) groups excluding carboxylic acids is 1. The van der Waals surface area contributed by atoms with Crippen molar-refractivity contribution in [2.75, 3.05) is 19.5 Å². The third kappa shape index (κ3) is 4.59. The molecule has 0 unspecified atom stereocenters. The third-order valence-electron chi connectivity index (χ3n) is 4.61. The van der Waals surface area contributed by atoms with E-state index in [4.69, 9.17) is 14.6 Å². The van der Waals surface area contributed by atoms with Crippen LogP contribution < -0.4 is 14.8 Å². The Morgan fingerprint density at radius 3 is 2.07 bits per heavy atom. The summed E-state index contributed by atoms with van der Waals surface area (Å²) < 4.78 is 12.3. The van der Waals surface area contributed by atoms with Gasteiger partial charge < -0.3 is 14.8 Å². The molecule has 1 aromatic heterocycles. The molecule has 6 heteroatoms. The molecule has 152 valence electrons. The summed E-state index contributed by atoms with van der Waals surface area (Å²) in [7, 11) is 3.11. The molecule has 3 rings (SSSR count). The SMILES string of the molecule is COc1cc(OC)cc(C(=O)Nc2cc(C(C)(C)C)nn2-c2ccc(C)cc2)c1. The standard InChI is InChI=1S/C23H27N3O3/c1-15-7-9-17(10-8-15)26-21(14-20(25-26)23(2,3)4)24-22(27)16-11-18(28-5)13-19(12-16)29-6/h7-14H,1-6H3,(H,24,27). The topological polar surface area (TPSA) is 65.4 Å². The first-order valence-corrected chi connectivity index (χ1v) is 9.43. The van der Waals surface area contributed by atoms with Gasteiger partial charge in [0, 0.05) is 23.1 Å². The van der Waals surface area contributed by atoms with Gasteiger partial charge in [0.15, 0.2) is 0 Å².